The Kier molecular flexibility index (Phi) is 6.05. The summed E-state index contributed by atoms with van der Waals surface area (Å²) < 4.78 is 42.1. The van der Waals surface area contributed by atoms with E-state index in [0.717, 1.165) is 44.8 Å². The molecule has 0 spiro atoms. The van der Waals surface area contributed by atoms with Gasteiger partial charge in [-0.1, -0.05) is 24.4 Å². The van der Waals surface area contributed by atoms with E-state index in [4.69, 9.17) is 16.6 Å². The second kappa shape index (κ2) is 8.88. The van der Waals surface area contributed by atoms with Crippen LogP contribution in [0.1, 0.15) is 57.1 Å². The quantitative estimate of drug-likeness (QED) is 0.410. The van der Waals surface area contributed by atoms with Crippen molar-refractivity contribution in [1.82, 2.24) is 24.8 Å². The van der Waals surface area contributed by atoms with Crippen LogP contribution in [0, 0.1) is 0 Å². The molecule has 11 heteroatoms. The minimum absolute atomic E-state index is 0.0360. The Morgan fingerprint density at radius 1 is 1.15 bits per heavy atom. The van der Waals surface area contributed by atoms with Gasteiger partial charge in [0.1, 0.15) is 5.52 Å². The number of nitrogens with one attached hydrogen (secondary N) is 3. The van der Waals surface area contributed by atoms with Gasteiger partial charge in [0.05, 0.1) is 16.8 Å². The third-order valence-corrected chi connectivity index (χ3v) is 7.08. The van der Waals surface area contributed by atoms with E-state index in [9.17, 15) is 13.2 Å². The first kappa shape index (κ1) is 23.2. The van der Waals surface area contributed by atoms with Crippen molar-refractivity contribution in [1.29, 1.82) is 0 Å². The Morgan fingerprint density at radius 2 is 1.88 bits per heavy atom. The SMILES string of the molecule is CC1(Nc2ncc3nc(Nc4ccc(Cl)c(C(F)(F)F)c4)n(C4CCNCC4)c3n2)CCCC1. The van der Waals surface area contributed by atoms with Gasteiger partial charge >= 0.3 is 6.18 Å². The maximum atomic E-state index is 13.4. The number of hydrogen-bond acceptors (Lipinski definition) is 6. The van der Waals surface area contributed by atoms with Crippen LogP contribution in [-0.4, -0.2) is 38.1 Å². The Hall–Kier alpha value is -2.59. The summed E-state index contributed by atoms with van der Waals surface area (Å²) in [5.74, 6) is 0.986. The molecule has 1 saturated heterocycles. The second-order valence-electron chi connectivity index (χ2n) is 9.40. The van der Waals surface area contributed by atoms with Crippen LogP contribution in [0.5, 0.6) is 0 Å². The molecule has 3 N–H and O–H groups in total. The van der Waals surface area contributed by atoms with Crippen molar-refractivity contribution in [2.24, 2.45) is 0 Å². The fourth-order valence-corrected chi connectivity index (χ4v) is 5.17. The number of anilines is 3. The smallest absolute Gasteiger partial charge is 0.349 e. The van der Waals surface area contributed by atoms with Crippen LogP contribution >= 0.6 is 11.6 Å². The van der Waals surface area contributed by atoms with Gasteiger partial charge in [0.2, 0.25) is 11.9 Å². The summed E-state index contributed by atoms with van der Waals surface area (Å²) in [6.07, 6.45) is 3.32. The predicted octanol–water partition coefficient (Wildman–Crippen LogP) is 5.91. The van der Waals surface area contributed by atoms with Crippen molar-refractivity contribution >= 4 is 40.3 Å². The summed E-state index contributed by atoms with van der Waals surface area (Å²) >= 11 is 5.80. The van der Waals surface area contributed by atoms with E-state index in [1.807, 2.05) is 4.57 Å². The molecule has 0 bridgehead atoms. The molecule has 2 aromatic heterocycles. The summed E-state index contributed by atoms with van der Waals surface area (Å²) in [7, 11) is 0. The lowest BCUT2D eigenvalue weighted by Gasteiger charge is -2.27. The van der Waals surface area contributed by atoms with Crippen molar-refractivity contribution in [3.05, 3.63) is 35.0 Å². The molecular formula is C23H27ClF3N7. The third-order valence-electron chi connectivity index (χ3n) is 6.76. The predicted molar refractivity (Wildman–Crippen MR) is 127 cm³/mol. The van der Waals surface area contributed by atoms with Crippen LogP contribution in [0.15, 0.2) is 24.4 Å². The van der Waals surface area contributed by atoms with Crippen LogP contribution < -0.4 is 16.0 Å². The number of nitrogens with zero attached hydrogens (tertiary/aromatic N) is 4. The summed E-state index contributed by atoms with van der Waals surface area (Å²) in [4.78, 5) is 13.9. The molecule has 182 valence electrons. The summed E-state index contributed by atoms with van der Waals surface area (Å²) in [6.45, 7) is 3.87. The highest BCUT2D eigenvalue weighted by molar-refractivity contribution is 6.31. The zero-order valence-corrected chi connectivity index (χ0v) is 19.6. The lowest BCUT2D eigenvalue weighted by molar-refractivity contribution is -0.137. The molecule has 2 fully saturated rings. The second-order valence-corrected chi connectivity index (χ2v) is 9.81. The van der Waals surface area contributed by atoms with Crippen molar-refractivity contribution < 1.29 is 13.2 Å². The number of piperidine rings is 1. The van der Waals surface area contributed by atoms with Gasteiger partial charge in [0, 0.05) is 17.3 Å². The largest absolute Gasteiger partial charge is 0.417 e. The van der Waals surface area contributed by atoms with Crippen LogP contribution in [0.2, 0.25) is 5.02 Å². The zero-order valence-electron chi connectivity index (χ0n) is 18.8. The Balaban J connectivity index is 1.54. The monoisotopic (exact) mass is 493 g/mol. The first-order valence-electron chi connectivity index (χ1n) is 11.6. The summed E-state index contributed by atoms with van der Waals surface area (Å²) in [5.41, 5.74) is 0.588. The van der Waals surface area contributed by atoms with E-state index in [2.05, 4.69) is 32.8 Å². The number of fused-ring (bicyclic) bond motifs is 1. The molecule has 5 rings (SSSR count). The summed E-state index contributed by atoms with van der Waals surface area (Å²) in [6, 6.07) is 3.87. The van der Waals surface area contributed by atoms with Gasteiger partial charge in [-0.25, -0.2) is 9.97 Å². The highest BCUT2D eigenvalue weighted by atomic mass is 35.5. The lowest BCUT2D eigenvalue weighted by Crippen LogP contribution is -2.32. The molecule has 7 nitrogen and oxygen atoms in total. The van der Waals surface area contributed by atoms with E-state index in [-0.39, 0.29) is 22.3 Å². The minimum Gasteiger partial charge on any atom is -0.349 e. The molecule has 0 atom stereocenters. The van der Waals surface area contributed by atoms with Crippen molar-refractivity contribution in [3.63, 3.8) is 0 Å². The van der Waals surface area contributed by atoms with E-state index in [1.165, 1.54) is 25.0 Å². The molecule has 0 unspecified atom stereocenters. The maximum Gasteiger partial charge on any atom is 0.417 e. The number of halogens is 4. The number of benzene rings is 1. The van der Waals surface area contributed by atoms with Crippen molar-refractivity contribution in [3.8, 4) is 0 Å². The molecular weight excluding hydrogens is 467 g/mol. The van der Waals surface area contributed by atoms with Crippen LogP contribution in [0.4, 0.5) is 30.8 Å². The molecule has 0 amide bonds. The van der Waals surface area contributed by atoms with Crippen LogP contribution in [0.3, 0.4) is 0 Å². The minimum atomic E-state index is -4.55. The first-order valence-corrected chi connectivity index (χ1v) is 12.0. The van der Waals surface area contributed by atoms with E-state index >= 15 is 0 Å². The molecule has 3 heterocycles. The Morgan fingerprint density at radius 3 is 2.59 bits per heavy atom. The fraction of sp³-hybridized carbons (Fsp3) is 0.522. The normalized spacial score (nSPS) is 19.0. The first-order chi connectivity index (χ1) is 16.2. The zero-order chi connectivity index (χ0) is 23.9. The van der Waals surface area contributed by atoms with Gasteiger partial charge in [0.15, 0.2) is 5.65 Å². The molecule has 1 aliphatic heterocycles. The van der Waals surface area contributed by atoms with E-state index in [1.54, 1.807) is 6.20 Å². The lowest BCUT2D eigenvalue weighted by atomic mass is 10.0. The van der Waals surface area contributed by atoms with E-state index in [0.29, 0.717) is 23.1 Å². The molecule has 34 heavy (non-hydrogen) atoms. The van der Waals surface area contributed by atoms with Gasteiger partial charge in [-0.2, -0.15) is 18.2 Å². The Labute approximate surface area is 200 Å². The molecule has 3 aromatic rings. The van der Waals surface area contributed by atoms with Crippen molar-refractivity contribution in [2.75, 3.05) is 23.7 Å². The van der Waals surface area contributed by atoms with Gasteiger partial charge in [-0.05, 0) is 63.9 Å². The number of rotatable bonds is 5. The molecule has 2 aliphatic rings. The van der Waals surface area contributed by atoms with Gasteiger partial charge in [0.25, 0.3) is 0 Å². The highest BCUT2D eigenvalue weighted by Gasteiger charge is 2.34. The van der Waals surface area contributed by atoms with Crippen molar-refractivity contribution in [2.45, 2.75) is 63.2 Å². The van der Waals surface area contributed by atoms with Crippen LogP contribution in [-0.2, 0) is 6.18 Å². The van der Waals surface area contributed by atoms with Gasteiger partial charge in [-0.3, -0.25) is 4.57 Å². The van der Waals surface area contributed by atoms with Gasteiger partial charge < -0.3 is 16.0 Å². The van der Waals surface area contributed by atoms with Crippen LogP contribution in [0.25, 0.3) is 11.2 Å². The summed E-state index contributed by atoms with van der Waals surface area (Å²) in [5, 5.41) is 9.59. The number of hydrogen-bond donors (Lipinski definition) is 3. The number of aromatic nitrogens is 4. The Bertz CT molecular complexity index is 1180. The van der Waals surface area contributed by atoms with Gasteiger partial charge in [-0.15, -0.1) is 0 Å². The van der Waals surface area contributed by atoms with E-state index < -0.39 is 11.7 Å². The standard InChI is InChI=1S/C23H27ClF3N7/c1-22(8-2-3-9-22)33-20-29-13-18-19(32-20)34(15-6-10-28-11-7-15)21(31-18)30-14-4-5-17(24)16(12-14)23(25,26)27/h4-5,12-13,15,28H,2-3,6-11H2,1H3,(H,30,31)(H,29,32,33). The molecule has 1 aromatic carbocycles. The molecule has 1 saturated carbocycles. The molecule has 1 aliphatic carbocycles. The topological polar surface area (TPSA) is 79.7 Å². The highest BCUT2D eigenvalue weighted by Crippen LogP contribution is 2.38. The number of imidazole rings is 1. The molecule has 0 radical (unpaired) electrons. The maximum absolute atomic E-state index is 13.4. The third kappa shape index (κ3) is 4.65. The average Bonchev–Trinajstić information content (AvgIpc) is 3.38. The fourth-order valence-electron chi connectivity index (χ4n) is 4.95. The number of alkyl halides is 3. The average molecular weight is 494 g/mol.